The van der Waals surface area contributed by atoms with E-state index in [1.807, 2.05) is 6.07 Å². The smallest absolute Gasteiger partial charge is 0.313 e. The predicted molar refractivity (Wildman–Crippen MR) is 133 cm³/mol. The number of likely N-dealkylation sites (N-methyl/N-ethyl adjacent to an activating group) is 2. The van der Waals surface area contributed by atoms with Gasteiger partial charge in [-0.05, 0) is 48.9 Å². The van der Waals surface area contributed by atoms with Crippen molar-refractivity contribution in [2.75, 3.05) is 63.6 Å². The van der Waals surface area contributed by atoms with E-state index in [1.165, 1.54) is 23.4 Å². The van der Waals surface area contributed by atoms with Crippen molar-refractivity contribution in [2.45, 2.75) is 12.5 Å². The molecule has 0 spiro atoms. The Morgan fingerprint density at radius 1 is 1.06 bits per heavy atom. The molecule has 34 heavy (non-hydrogen) atoms. The molecular weight excluding hydrogens is 452 g/mol. The van der Waals surface area contributed by atoms with Gasteiger partial charge in [-0.15, -0.1) is 0 Å². The molecule has 0 radical (unpaired) electrons. The van der Waals surface area contributed by atoms with Crippen LogP contribution in [0.1, 0.15) is 22.7 Å². The van der Waals surface area contributed by atoms with Crippen molar-refractivity contribution in [2.24, 2.45) is 0 Å². The van der Waals surface area contributed by atoms with Gasteiger partial charge in [0.1, 0.15) is 6.07 Å². The Balaban J connectivity index is 1.47. The zero-order valence-electron chi connectivity index (χ0n) is 19.5. The van der Waals surface area contributed by atoms with Crippen LogP contribution in [0.15, 0.2) is 36.4 Å². The summed E-state index contributed by atoms with van der Waals surface area (Å²) < 4.78 is 0. The van der Waals surface area contributed by atoms with E-state index in [9.17, 15) is 14.9 Å². The first-order valence-electron chi connectivity index (χ1n) is 11.4. The van der Waals surface area contributed by atoms with Crippen LogP contribution in [0.3, 0.4) is 0 Å². The summed E-state index contributed by atoms with van der Waals surface area (Å²) in [7, 11) is 4.20. The van der Waals surface area contributed by atoms with Gasteiger partial charge in [-0.3, -0.25) is 14.5 Å². The van der Waals surface area contributed by atoms with Gasteiger partial charge < -0.3 is 20.4 Å². The van der Waals surface area contributed by atoms with Crippen molar-refractivity contribution in [3.05, 3.63) is 58.1 Å². The first kappa shape index (κ1) is 24.0. The number of nitriles is 1. The Labute approximate surface area is 205 Å². The minimum atomic E-state index is -0.827. The van der Waals surface area contributed by atoms with Gasteiger partial charge in [0, 0.05) is 57.0 Å². The topological polar surface area (TPSA) is 91.7 Å². The maximum Gasteiger partial charge on any atom is 0.313 e. The molecule has 9 heteroatoms. The lowest BCUT2D eigenvalue weighted by Crippen LogP contribution is -2.49. The molecular formula is C25H29ClN6O2. The number of fused-ring (bicyclic) bond motifs is 1. The Bertz CT molecular complexity index is 1120. The Morgan fingerprint density at radius 3 is 2.56 bits per heavy atom. The lowest BCUT2D eigenvalue weighted by molar-refractivity contribution is -0.136. The first-order valence-corrected chi connectivity index (χ1v) is 11.8. The van der Waals surface area contributed by atoms with Gasteiger partial charge in [-0.1, -0.05) is 23.7 Å². The highest BCUT2D eigenvalue weighted by Crippen LogP contribution is 2.31. The summed E-state index contributed by atoms with van der Waals surface area (Å²) in [5, 5.41) is 14.9. The van der Waals surface area contributed by atoms with Crippen molar-refractivity contribution >= 4 is 34.8 Å². The van der Waals surface area contributed by atoms with Crippen LogP contribution in [-0.2, 0) is 16.0 Å². The van der Waals surface area contributed by atoms with Gasteiger partial charge in [0.15, 0.2) is 0 Å². The molecule has 0 aliphatic carbocycles. The molecule has 1 atom stereocenters. The van der Waals surface area contributed by atoms with E-state index in [4.69, 9.17) is 11.6 Å². The predicted octanol–water partition coefficient (Wildman–Crippen LogP) is 2.25. The van der Waals surface area contributed by atoms with Gasteiger partial charge >= 0.3 is 11.8 Å². The lowest BCUT2D eigenvalue weighted by atomic mass is 10.00. The van der Waals surface area contributed by atoms with Crippen molar-refractivity contribution in [3.63, 3.8) is 0 Å². The molecule has 1 saturated heterocycles. The summed E-state index contributed by atoms with van der Waals surface area (Å²) in [5.41, 5.74) is 4.16. The van der Waals surface area contributed by atoms with E-state index < -0.39 is 11.8 Å². The average molecular weight is 481 g/mol. The summed E-state index contributed by atoms with van der Waals surface area (Å²) in [6.45, 7) is 4.98. The van der Waals surface area contributed by atoms with Crippen LogP contribution in [0.25, 0.3) is 0 Å². The summed E-state index contributed by atoms with van der Waals surface area (Å²) in [6, 6.07) is 13.0. The van der Waals surface area contributed by atoms with Gasteiger partial charge in [0.2, 0.25) is 0 Å². The third-order valence-electron chi connectivity index (χ3n) is 6.61. The van der Waals surface area contributed by atoms with Crippen molar-refractivity contribution in [1.82, 2.24) is 15.1 Å². The largest absolute Gasteiger partial charge is 0.374 e. The van der Waals surface area contributed by atoms with Gasteiger partial charge in [0.05, 0.1) is 17.3 Å². The van der Waals surface area contributed by atoms with Crippen LogP contribution in [0.5, 0.6) is 0 Å². The molecule has 0 unspecified atom stereocenters. The number of hydrogen-bond acceptors (Lipinski definition) is 6. The molecule has 0 aromatic heterocycles. The molecule has 2 N–H and O–H groups in total. The number of nitrogens with zero attached hydrogens (tertiary/aromatic N) is 4. The first-order chi connectivity index (χ1) is 16.4. The van der Waals surface area contributed by atoms with E-state index in [0.29, 0.717) is 11.6 Å². The minimum Gasteiger partial charge on any atom is -0.374 e. The second-order valence-electron chi connectivity index (χ2n) is 8.88. The van der Waals surface area contributed by atoms with Crippen LogP contribution in [0.4, 0.5) is 11.4 Å². The van der Waals surface area contributed by atoms with Gasteiger partial charge in [0.25, 0.3) is 0 Å². The number of carbonyl (C=O) groups excluding carboxylic acids is 2. The number of rotatable bonds is 5. The molecule has 2 heterocycles. The maximum atomic E-state index is 12.7. The molecule has 178 valence electrons. The molecule has 1 fully saturated rings. The van der Waals surface area contributed by atoms with E-state index >= 15 is 0 Å². The Hall–Kier alpha value is -3.12. The number of hydrogen-bond donors (Lipinski definition) is 2. The second kappa shape index (κ2) is 10.4. The third-order valence-corrected chi connectivity index (χ3v) is 6.84. The monoisotopic (exact) mass is 480 g/mol. The summed E-state index contributed by atoms with van der Waals surface area (Å²) >= 11 is 5.98. The summed E-state index contributed by atoms with van der Waals surface area (Å²) in [4.78, 5) is 32.1. The fourth-order valence-corrected chi connectivity index (χ4v) is 4.72. The SMILES string of the molecule is CN1CCN([C@@H](CNC(=O)C(=O)Nc2cc(Cl)ccc2C#N)c2ccc3c(c2)CCN3C)CC1. The second-order valence-corrected chi connectivity index (χ2v) is 9.32. The number of benzene rings is 2. The zero-order valence-corrected chi connectivity index (χ0v) is 20.2. The fraction of sp³-hybridized carbons (Fsp3) is 0.400. The van der Waals surface area contributed by atoms with Crippen LogP contribution in [-0.4, -0.2) is 75.0 Å². The van der Waals surface area contributed by atoms with Crippen LogP contribution < -0.4 is 15.5 Å². The molecule has 0 saturated carbocycles. The van der Waals surface area contributed by atoms with E-state index in [0.717, 1.165) is 44.7 Å². The number of anilines is 2. The highest BCUT2D eigenvalue weighted by molar-refractivity contribution is 6.40. The average Bonchev–Trinajstić information content (AvgIpc) is 3.20. The number of carbonyl (C=O) groups is 2. The minimum absolute atomic E-state index is 0.0394. The zero-order chi connectivity index (χ0) is 24.2. The van der Waals surface area contributed by atoms with Crippen molar-refractivity contribution < 1.29 is 9.59 Å². The van der Waals surface area contributed by atoms with Gasteiger partial charge in [-0.25, -0.2) is 0 Å². The van der Waals surface area contributed by atoms with E-state index in [1.54, 1.807) is 6.07 Å². The molecule has 2 aliphatic rings. The molecule has 4 rings (SSSR count). The molecule has 8 nitrogen and oxygen atoms in total. The van der Waals surface area contributed by atoms with Gasteiger partial charge in [-0.2, -0.15) is 5.26 Å². The van der Waals surface area contributed by atoms with E-state index in [2.05, 4.69) is 57.6 Å². The lowest BCUT2D eigenvalue weighted by Gasteiger charge is -2.38. The molecule has 2 aromatic rings. The molecule has 2 amide bonds. The highest BCUT2D eigenvalue weighted by Gasteiger charge is 2.27. The molecule has 2 aliphatic heterocycles. The quantitative estimate of drug-likeness (QED) is 0.638. The number of amides is 2. The standard InChI is InChI=1S/C25H29ClN6O2/c1-30-9-11-32(12-10-30)23(17-4-6-22-18(13-17)7-8-31(22)2)16-28-24(33)25(34)29-21-14-20(26)5-3-19(21)15-27/h3-6,13-14,23H,7-12,16H2,1-2H3,(H,28,33)(H,29,34)/t23-/m0/s1. The molecule has 2 aromatic carbocycles. The van der Waals surface area contributed by atoms with Crippen LogP contribution in [0, 0.1) is 11.3 Å². The van der Waals surface area contributed by atoms with Crippen molar-refractivity contribution in [3.8, 4) is 6.07 Å². The maximum absolute atomic E-state index is 12.7. The van der Waals surface area contributed by atoms with Crippen LogP contribution >= 0.6 is 11.6 Å². The number of halogens is 1. The summed E-state index contributed by atoms with van der Waals surface area (Å²) in [6.07, 6.45) is 1.00. The Kier molecular flexibility index (Phi) is 7.37. The van der Waals surface area contributed by atoms with Crippen molar-refractivity contribution in [1.29, 1.82) is 5.26 Å². The normalized spacial score (nSPS) is 17.1. The van der Waals surface area contributed by atoms with Crippen LogP contribution in [0.2, 0.25) is 5.02 Å². The fourth-order valence-electron chi connectivity index (χ4n) is 4.55. The highest BCUT2D eigenvalue weighted by atomic mass is 35.5. The number of piperazine rings is 1. The number of nitrogens with one attached hydrogen (secondary N) is 2. The molecule has 0 bridgehead atoms. The summed E-state index contributed by atoms with van der Waals surface area (Å²) in [5.74, 6) is -1.57. The Morgan fingerprint density at radius 2 is 1.82 bits per heavy atom. The third kappa shape index (κ3) is 5.33. The van der Waals surface area contributed by atoms with E-state index in [-0.39, 0.29) is 17.3 Å².